The summed E-state index contributed by atoms with van der Waals surface area (Å²) in [5, 5.41) is 3.28. The number of benzene rings is 1. The second-order valence-electron chi connectivity index (χ2n) is 4.69. The maximum atomic E-state index is 11.1. The number of aromatic nitrogens is 1. The molecule has 0 fully saturated rings. The zero-order valence-corrected chi connectivity index (χ0v) is 10.7. The highest BCUT2D eigenvalue weighted by Gasteiger charge is 2.14. The van der Waals surface area contributed by atoms with Crippen molar-refractivity contribution in [3.05, 3.63) is 34.3 Å². The van der Waals surface area contributed by atoms with Crippen LogP contribution in [0.3, 0.4) is 0 Å². The second kappa shape index (κ2) is 5.37. The van der Waals surface area contributed by atoms with E-state index in [0.717, 1.165) is 17.5 Å². The summed E-state index contributed by atoms with van der Waals surface area (Å²) in [4.78, 5) is 13.8. The minimum atomic E-state index is -0.418. The molecule has 5 heteroatoms. The van der Waals surface area contributed by atoms with E-state index in [1.165, 1.54) is 0 Å². The van der Waals surface area contributed by atoms with Crippen LogP contribution in [0.5, 0.6) is 0 Å². The number of oxazole rings is 1. The first-order valence-electron chi connectivity index (χ1n) is 6.14. The lowest BCUT2D eigenvalue weighted by Crippen LogP contribution is -2.22. The van der Waals surface area contributed by atoms with E-state index in [2.05, 4.69) is 17.2 Å². The highest BCUT2D eigenvalue weighted by atomic mass is 16.4. The Hall–Kier alpha value is -1.59. The third-order valence-electron chi connectivity index (χ3n) is 3.23. The van der Waals surface area contributed by atoms with Crippen LogP contribution in [0.15, 0.2) is 27.4 Å². The van der Waals surface area contributed by atoms with Crippen LogP contribution in [-0.4, -0.2) is 18.6 Å². The fourth-order valence-electron chi connectivity index (χ4n) is 2.11. The van der Waals surface area contributed by atoms with Gasteiger partial charge in [0.1, 0.15) is 0 Å². The molecule has 4 N–H and O–H groups in total. The van der Waals surface area contributed by atoms with Crippen molar-refractivity contribution in [3.63, 3.8) is 0 Å². The molecule has 2 unspecified atom stereocenters. The van der Waals surface area contributed by atoms with E-state index in [4.69, 9.17) is 10.2 Å². The quantitative estimate of drug-likeness (QED) is 0.747. The normalized spacial score (nSPS) is 14.8. The lowest BCUT2D eigenvalue weighted by molar-refractivity contribution is 0.438. The Balaban J connectivity index is 2.29. The van der Waals surface area contributed by atoms with Gasteiger partial charge in [-0.15, -0.1) is 0 Å². The van der Waals surface area contributed by atoms with E-state index in [1.807, 2.05) is 25.2 Å². The van der Waals surface area contributed by atoms with Crippen LogP contribution in [0.25, 0.3) is 11.1 Å². The maximum absolute atomic E-state index is 11.1. The molecule has 0 aliphatic heterocycles. The van der Waals surface area contributed by atoms with Crippen molar-refractivity contribution in [2.24, 2.45) is 11.7 Å². The molecule has 0 aliphatic carbocycles. The zero-order chi connectivity index (χ0) is 13.1. The number of hydrogen-bond donors (Lipinski definition) is 3. The van der Waals surface area contributed by atoms with Crippen LogP contribution in [0.2, 0.25) is 0 Å². The van der Waals surface area contributed by atoms with Gasteiger partial charge in [-0.3, -0.25) is 4.98 Å². The van der Waals surface area contributed by atoms with Crippen LogP contribution in [0, 0.1) is 5.92 Å². The molecule has 0 saturated carbocycles. The van der Waals surface area contributed by atoms with Crippen LogP contribution in [0.4, 0.5) is 0 Å². The number of nitrogens with two attached hydrogens (primary N) is 1. The van der Waals surface area contributed by atoms with Gasteiger partial charge in [-0.2, -0.15) is 0 Å². The van der Waals surface area contributed by atoms with E-state index in [-0.39, 0.29) is 6.04 Å². The maximum Gasteiger partial charge on any atom is 0.417 e. The van der Waals surface area contributed by atoms with Crippen molar-refractivity contribution in [2.75, 3.05) is 13.6 Å². The summed E-state index contributed by atoms with van der Waals surface area (Å²) in [5.41, 5.74) is 8.11. The summed E-state index contributed by atoms with van der Waals surface area (Å²) in [6.07, 6.45) is 0.959. The highest BCUT2D eigenvalue weighted by Crippen LogP contribution is 2.23. The summed E-state index contributed by atoms with van der Waals surface area (Å²) in [5.74, 6) is 0.0278. The van der Waals surface area contributed by atoms with Crippen LogP contribution >= 0.6 is 0 Å². The second-order valence-corrected chi connectivity index (χ2v) is 4.69. The molecular weight excluding hydrogens is 230 g/mol. The van der Waals surface area contributed by atoms with Gasteiger partial charge in [-0.05, 0) is 43.6 Å². The fourth-order valence-corrected chi connectivity index (χ4v) is 2.11. The number of H-pyrrole nitrogens is 1. The van der Waals surface area contributed by atoms with Gasteiger partial charge in [0.05, 0.1) is 5.52 Å². The Labute approximate surface area is 105 Å². The lowest BCUT2D eigenvalue weighted by atomic mass is 9.96. The summed E-state index contributed by atoms with van der Waals surface area (Å²) < 4.78 is 4.99. The Morgan fingerprint density at radius 2 is 2.28 bits per heavy atom. The molecular formula is C13H19N3O2. The van der Waals surface area contributed by atoms with Gasteiger partial charge in [0, 0.05) is 6.04 Å². The Morgan fingerprint density at radius 1 is 1.50 bits per heavy atom. The molecule has 2 rings (SSSR count). The number of aromatic amines is 1. The average Bonchev–Trinajstić information content (AvgIpc) is 2.74. The SMILES string of the molecule is CNC(CC(C)CN)c1ccc2oc(=O)[nH]c2c1. The number of hydrogen-bond acceptors (Lipinski definition) is 4. The summed E-state index contributed by atoms with van der Waals surface area (Å²) in [6, 6.07) is 5.97. The van der Waals surface area contributed by atoms with Crippen molar-refractivity contribution >= 4 is 11.1 Å². The first-order valence-corrected chi connectivity index (χ1v) is 6.14. The Morgan fingerprint density at radius 3 is 2.94 bits per heavy atom. The predicted molar refractivity (Wildman–Crippen MR) is 71.5 cm³/mol. The fraction of sp³-hybridized carbons (Fsp3) is 0.462. The molecule has 98 valence electrons. The van der Waals surface area contributed by atoms with E-state index < -0.39 is 5.76 Å². The molecule has 0 amide bonds. The summed E-state index contributed by atoms with van der Waals surface area (Å²) in [6.45, 7) is 2.80. The Kier molecular flexibility index (Phi) is 3.84. The first-order chi connectivity index (χ1) is 8.63. The van der Waals surface area contributed by atoms with Crippen LogP contribution < -0.4 is 16.8 Å². The molecule has 0 aliphatic rings. The van der Waals surface area contributed by atoms with Crippen molar-refractivity contribution in [1.29, 1.82) is 0 Å². The molecule has 2 aromatic rings. The monoisotopic (exact) mass is 249 g/mol. The van der Waals surface area contributed by atoms with Crippen molar-refractivity contribution < 1.29 is 4.42 Å². The van der Waals surface area contributed by atoms with E-state index >= 15 is 0 Å². The largest absolute Gasteiger partial charge is 0.417 e. The van der Waals surface area contributed by atoms with Crippen LogP contribution in [-0.2, 0) is 0 Å². The molecule has 1 aromatic carbocycles. The Bertz CT molecular complexity index is 573. The molecule has 0 saturated heterocycles. The highest BCUT2D eigenvalue weighted by molar-refractivity contribution is 5.72. The number of rotatable bonds is 5. The van der Waals surface area contributed by atoms with Crippen molar-refractivity contribution in [3.8, 4) is 0 Å². The predicted octanol–water partition coefficient (Wildman–Crippen LogP) is 1.37. The molecule has 5 nitrogen and oxygen atoms in total. The van der Waals surface area contributed by atoms with E-state index in [0.29, 0.717) is 18.0 Å². The van der Waals surface area contributed by atoms with E-state index in [9.17, 15) is 4.79 Å². The number of fused-ring (bicyclic) bond motifs is 1. The third kappa shape index (κ3) is 2.63. The number of nitrogens with one attached hydrogen (secondary N) is 2. The zero-order valence-electron chi connectivity index (χ0n) is 10.7. The topological polar surface area (TPSA) is 84.0 Å². The van der Waals surface area contributed by atoms with Crippen LogP contribution in [0.1, 0.15) is 24.9 Å². The smallest absolute Gasteiger partial charge is 0.408 e. The van der Waals surface area contributed by atoms with Gasteiger partial charge in [0.25, 0.3) is 0 Å². The van der Waals surface area contributed by atoms with Gasteiger partial charge in [0.2, 0.25) is 0 Å². The third-order valence-corrected chi connectivity index (χ3v) is 3.23. The minimum absolute atomic E-state index is 0.228. The molecule has 2 atom stereocenters. The lowest BCUT2D eigenvalue weighted by Gasteiger charge is -2.20. The van der Waals surface area contributed by atoms with Gasteiger partial charge >= 0.3 is 5.76 Å². The molecule has 0 radical (unpaired) electrons. The van der Waals surface area contributed by atoms with Gasteiger partial charge in [-0.1, -0.05) is 13.0 Å². The van der Waals surface area contributed by atoms with Gasteiger partial charge in [0.15, 0.2) is 5.58 Å². The molecule has 18 heavy (non-hydrogen) atoms. The van der Waals surface area contributed by atoms with E-state index in [1.54, 1.807) is 0 Å². The standard InChI is InChI=1S/C13H19N3O2/c1-8(7-14)5-10(15-2)9-3-4-12-11(6-9)16-13(17)18-12/h3-4,6,8,10,15H,5,7,14H2,1-2H3,(H,16,17). The summed E-state index contributed by atoms with van der Waals surface area (Å²) in [7, 11) is 1.93. The molecule has 1 heterocycles. The summed E-state index contributed by atoms with van der Waals surface area (Å²) >= 11 is 0. The van der Waals surface area contributed by atoms with Crippen molar-refractivity contribution in [2.45, 2.75) is 19.4 Å². The van der Waals surface area contributed by atoms with Crippen molar-refractivity contribution in [1.82, 2.24) is 10.3 Å². The van der Waals surface area contributed by atoms with Gasteiger partial charge < -0.3 is 15.5 Å². The minimum Gasteiger partial charge on any atom is -0.408 e. The first kappa shape index (κ1) is 12.9. The average molecular weight is 249 g/mol. The molecule has 1 aromatic heterocycles. The van der Waals surface area contributed by atoms with Gasteiger partial charge in [-0.25, -0.2) is 4.79 Å². The molecule has 0 spiro atoms. The molecule has 0 bridgehead atoms.